The first-order valence-corrected chi connectivity index (χ1v) is 8.79. The predicted molar refractivity (Wildman–Crippen MR) is 98.6 cm³/mol. The molecule has 0 unspecified atom stereocenters. The molecule has 1 amide bonds. The minimum atomic E-state index is -1.07. The van der Waals surface area contributed by atoms with Crippen molar-refractivity contribution in [1.29, 1.82) is 0 Å². The lowest BCUT2D eigenvalue weighted by atomic mass is 10.2. The van der Waals surface area contributed by atoms with Crippen molar-refractivity contribution >= 4 is 29.5 Å². The first-order valence-electron chi connectivity index (χ1n) is 8.79. The van der Waals surface area contributed by atoms with E-state index >= 15 is 0 Å². The van der Waals surface area contributed by atoms with Gasteiger partial charge in [0.05, 0.1) is 26.2 Å². The van der Waals surface area contributed by atoms with Gasteiger partial charge in [-0.15, -0.1) is 0 Å². The number of amides is 1. The molecule has 0 atom stereocenters. The molecule has 1 aliphatic heterocycles. The van der Waals surface area contributed by atoms with E-state index in [9.17, 15) is 19.2 Å². The van der Waals surface area contributed by atoms with Gasteiger partial charge in [0, 0.05) is 46.3 Å². The number of carbonyl (C=O) groups excluding carboxylic acids is 1. The summed E-state index contributed by atoms with van der Waals surface area (Å²) in [6.07, 6.45) is 0. The first-order chi connectivity index (χ1) is 13.2. The van der Waals surface area contributed by atoms with Crippen LogP contribution in [0, 0.1) is 0 Å². The van der Waals surface area contributed by atoms with E-state index in [4.69, 9.17) is 15.3 Å². The Morgan fingerprint density at radius 2 is 1.25 bits per heavy atom. The molecule has 0 aromatic rings. The topological polar surface area (TPSA) is 163 Å². The van der Waals surface area contributed by atoms with Crippen molar-refractivity contribution in [2.24, 2.45) is 4.99 Å². The third kappa shape index (κ3) is 9.39. The molecule has 1 rings (SSSR count). The maximum absolute atomic E-state index is 12.1. The summed E-state index contributed by atoms with van der Waals surface area (Å²) < 4.78 is 0. The van der Waals surface area contributed by atoms with Gasteiger partial charge in [0.15, 0.2) is 0 Å². The standard InChI is InChI=1S/C16H27N5O7/c1-17-16(28)12-8-21(11-15(26)27)7-6-20(10-14(24)25)5-4-19(3-2-18-12)9-13(22)23/h2-11H2,1H3,(H,17,28)(H,22,23)(H,24,25)(H,26,27)/b18-12-. The van der Waals surface area contributed by atoms with Crippen molar-refractivity contribution in [3.8, 4) is 0 Å². The Morgan fingerprint density at radius 3 is 1.71 bits per heavy atom. The number of carboxylic acids is 3. The second-order valence-electron chi connectivity index (χ2n) is 6.35. The molecule has 0 aromatic carbocycles. The van der Waals surface area contributed by atoms with Crippen LogP contribution in [0.5, 0.6) is 0 Å². The van der Waals surface area contributed by atoms with Crippen LogP contribution in [0.15, 0.2) is 4.99 Å². The van der Waals surface area contributed by atoms with Gasteiger partial charge in [-0.25, -0.2) is 0 Å². The predicted octanol–water partition coefficient (Wildman–Crippen LogP) is -2.65. The van der Waals surface area contributed by atoms with E-state index in [1.807, 2.05) is 0 Å². The number of carbonyl (C=O) groups is 4. The van der Waals surface area contributed by atoms with E-state index in [0.717, 1.165) is 0 Å². The molecule has 0 aliphatic carbocycles. The summed E-state index contributed by atoms with van der Waals surface area (Å²) in [5, 5.41) is 29.7. The fourth-order valence-electron chi connectivity index (χ4n) is 2.77. The van der Waals surface area contributed by atoms with Gasteiger partial charge < -0.3 is 20.6 Å². The normalized spacial score (nSPS) is 20.2. The molecule has 0 spiro atoms. The average molecular weight is 401 g/mol. The van der Waals surface area contributed by atoms with Crippen LogP contribution in [0.25, 0.3) is 0 Å². The molecule has 0 radical (unpaired) electrons. The Morgan fingerprint density at radius 1 is 0.821 bits per heavy atom. The molecule has 0 bridgehead atoms. The summed E-state index contributed by atoms with van der Waals surface area (Å²) in [5.74, 6) is -3.56. The smallest absolute Gasteiger partial charge is 0.317 e. The summed E-state index contributed by atoms with van der Waals surface area (Å²) in [6.45, 7) is 0.720. The van der Waals surface area contributed by atoms with Crippen LogP contribution in [-0.4, -0.2) is 132 Å². The highest BCUT2D eigenvalue weighted by atomic mass is 16.4. The van der Waals surface area contributed by atoms with E-state index in [-0.39, 0.29) is 58.1 Å². The fourth-order valence-corrected chi connectivity index (χ4v) is 2.77. The van der Waals surface area contributed by atoms with Gasteiger partial charge >= 0.3 is 17.9 Å². The van der Waals surface area contributed by atoms with E-state index in [0.29, 0.717) is 13.1 Å². The number of hydrogen-bond donors (Lipinski definition) is 4. The van der Waals surface area contributed by atoms with Gasteiger partial charge in [-0.3, -0.25) is 38.9 Å². The Kier molecular flexibility index (Phi) is 10.1. The van der Waals surface area contributed by atoms with Crippen molar-refractivity contribution in [2.45, 2.75) is 0 Å². The Balaban J connectivity index is 3.05. The van der Waals surface area contributed by atoms with Crippen molar-refractivity contribution in [3.63, 3.8) is 0 Å². The molecule has 0 saturated carbocycles. The largest absolute Gasteiger partial charge is 0.480 e. The van der Waals surface area contributed by atoms with Gasteiger partial charge in [0.25, 0.3) is 5.91 Å². The summed E-state index contributed by atoms with van der Waals surface area (Å²) in [6, 6.07) is 0. The van der Waals surface area contributed by atoms with Crippen LogP contribution >= 0.6 is 0 Å². The number of rotatable bonds is 7. The molecule has 0 saturated heterocycles. The van der Waals surface area contributed by atoms with Gasteiger partial charge in [-0.05, 0) is 0 Å². The van der Waals surface area contributed by atoms with Crippen LogP contribution in [0.1, 0.15) is 0 Å². The highest BCUT2D eigenvalue weighted by molar-refractivity contribution is 6.39. The van der Waals surface area contributed by atoms with E-state index in [2.05, 4.69) is 10.3 Å². The van der Waals surface area contributed by atoms with Gasteiger partial charge in [-0.1, -0.05) is 0 Å². The SMILES string of the molecule is CNC(=O)/C1=N\CCN(CC(=O)O)CCN(CC(=O)O)CCN(CC(=O)O)C1. The lowest BCUT2D eigenvalue weighted by Crippen LogP contribution is -2.47. The molecule has 12 heteroatoms. The number of aliphatic carboxylic acids is 3. The van der Waals surface area contributed by atoms with Gasteiger partial charge in [0.2, 0.25) is 0 Å². The molecule has 12 nitrogen and oxygen atoms in total. The molecule has 0 fully saturated rings. The minimum Gasteiger partial charge on any atom is -0.480 e. The number of nitrogens with one attached hydrogen (secondary N) is 1. The summed E-state index contributed by atoms with van der Waals surface area (Å²) in [4.78, 5) is 54.4. The average Bonchev–Trinajstić information content (AvgIpc) is 2.59. The highest BCUT2D eigenvalue weighted by Crippen LogP contribution is 2.00. The molecule has 158 valence electrons. The zero-order valence-electron chi connectivity index (χ0n) is 15.8. The van der Waals surface area contributed by atoms with E-state index < -0.39 is 23.8 Å². The minimum absolute atomic E-state index is 0.00812. The summed E-state index contributed by atoms with van der Waals surface area (Å²) in [7, 11) is 1.44. The van der Waals surface area contributed by atoms with Crippen molar-refractivity contribution in [2.75, 3.05) is 72.5 Å². The molecule has 0 aromatic heterocycles. The lowest BCUT2D eigenvalue weighted by Gasteiger charge is -2.29. The van der Waals surface area contributed by atoms with Crippen LogP contribution in [0.3, 0.4) is 0 Å². The van der Waals surface area contributed by atoms with Crippen LogP contribution in [0.4, 0.5) is 0 Å². The zero-order chi connectivity index (χ0) is 21.1. The zero-order valence-corrected chi connectivity index (χ0v) is 15.8. The van der Waals surface area contributed by atoms with E-state index in [1.54, 1.807) is 9.80 Å². The van der Waals surface area contributed by atoms with Crippen molar-refractivity contribution in [3.05, 3.63) is 0 Å². The number of carboxylic acid groups (broad SMARTS) is 3. The van der Waals surface area contributed by atoms with E-state index in [1.165, 1.54) is 11.9 Å². The Labute approximate surface area is 162 Å². The maximum atomic E-state index is 12.1. The molecule has 1 aliphatic rings. The van der Waals surface area contributed by atoms with Crippen LogP contribution < -0.4 is 5.32 Å². The summed E-state index contributed by atoms with van der Waals surface area (Å²) >= 11 is 0. The highest BCUT2D eigenvalue weighted by Gasteiger charge is 2.21. The van der Waals surface area contributed by atoms with Gasteiger partial charge in [-0.2, -0.15) is 0 Å². The number of aliphatic imine (C=N–C) groups is 1. The van der Waals surface area contributed by atoms with Crippen LogP contribution in [-0.2, 0) is 19.2 Å². The van der Waals surface area contributed by atoms with Crippen molar-refractivity contribution in [1.82, 2.24) is 20.0 Å². The Hall–Kier alpha value is -2.57. The van der Waals surface area contributed by atoms with Gasteiger partial charge in [0.1, 0.15) is 5.71 Å². The molecular formula is C16H27N5O7. The monoisotopic (exact) mass is 401 g/mol. The second-order valence-corrected chi connectivity index (χ2v) is 6.35. The molecule has 4 N–H and O–H groups in total. The lowest BCUT2D eigenvalue weighted by molar-refractivity contribution is -0.140. The quantitative estimate of drug-likeness (QED) is 0.354. The second kappa shape index (κ2) is 12.0. The molecule has 1 heterocycles. The molecular weight excluding hydrogens is 374 g/mol. The third-order valence-electron chi connectivity index (χ3n) is 4.12. The summed E-state index contributed by atoms with van der Waals surface area (Å²) in [5.41, 5.74) is 0.143. The third-order valence-corrected chi connectivity index (χ3v) is 4.12. The van der Waals surface area contributed by atoms with Crippen molar-refractivity contribution < 1.29 is 34.5 Å². The fraction of sp³-hybridized carbons (Fsp3) is 0.688. The Bertz CT molecular complexity index is 610. The first kappa shape index (κ1) is 23.5. The van der Waals surface area contributed by atoms with Crippen LogP contribution in [0.2, 0.25) is 0 Å². The number of nitrogens with zero attached hydrogens (tertiary/aromatic N) is 4. The molecule has 28 heavy (non-hydrogen) atoms. The maximum Gasteiger partial charge on any atom is 0.317 e. The number of hydrogen-bond acceptors (Lipinski definition) is 8.